The van der Waals surface area contributed by atoms with Crippen LogP contribution in [0.2, 0.25) is 5.02 Å². The van der Waals surface area contributed by atoms with Gasteiger partial charge in [-0.15, -0.1) is 0 Å². The van der Waals surface area contributed by atoms with Gasteiger partial charge in [0.25, 0.3) is 0 Å². The first-order valence-electron chi connectivity index (χ1n) is 6.24. The minimum Gasteiger partial charge on any atom is -0.480 e. The van der Waals surface area contributed by atoms with Gasteiger partial charge in [-0.25, -0.2) is 4.98 Å². The second kappa shape index (κ2) is 4.65. The Balaban J connectivity index is 2.42. The quantitative estimate of drug-likeness (QED) is 0.781. The first kappa shape index (κ1) is 14.6. The van der Waals surface area contributed by atoms with Crippen molar-refractivity contribution >= 4 is 24.2 Å². The monoisotopic (exact) mass is 283 g/mol. The van der Waals surface area contributed by atoms with E-state index in [4.69, 9.17) is 25.6 Å². The molecule has 19 heavy (non-hydrogen) atoms. The second-order valence-electron chi connectivity index (χ2n) is 5.76. The molecule has 6 heteroatoms. The van der Waals surface area contributed by atoms with Crippen LogP contribution in [0.5, 0.6) is 5.88 Å². The largest absolute Gasteiger partial charge is 0.496 e. The highest BCUT2D eigenvalue weighted by Gasteiger charge is 2.52. The fourth-order valence-corrected chi connectivity index (χ4v) is 2.19. The fraction of sp³-hybridized carbons (Fsp3) is 0.615. The van der Waals surface area contributed by atoms with Gasteiger partial charge in [0.15, 0.2) is 0 Å². The van der Waals surface area contributed by atoms with E-state index in [9.17, 15) is 0 Å². The van der Waals surface area contributed by atoms with E-state index in [1.165, 1.54) is 0 Å². The highest BCUT2D eigenvalue weighted by atomic mass is 35.5. The lowest BCUT2D eigenvalue weighted by Gasteiger charge is -2.32. The summed E-state index contributed by atoms with van der Waals surface area (Å²) in [6.07, 6.45) is 0. The molecule has 0 unspecified atom stereocenters. The van der Waals surface area contributed by atoms with Gasteiger partial charge in [0.2, 0.25) is 5.88 Å². The summed E-state index contributed by atoms with van der Waals surface area (Å²) < 4.78 is 17.2. The number of aryl methyl sites for hydroxylation is 1. The van der Waals surface area contributed by atoms with Crippen molar-refractivity contribution < 1.29 is 14.0 Å². The average Bonchev–Trinajstić information content (AvgIpc) is 2.50. The number of hydrogen-bond donors (Lipinski definition) is 0. The molecule has 2 rings (SSSR count). The molecule has 0 N–H and O–H groups in total. The van der Waals surface area contributed by atoms with Crippen molar-refractivity contribution in [3.05, 3.63) is 16.8 Å². The molecule has 1 aliphatic heterocycles. The van der Waals surface area contributed by atoms with Crippen molar-refractivity contribution in [2.24, 2.45) is 0 Å². The van der Waals surface area contributed by atoms with Crippen molar-refractivity contribution in [1.29, 1.82) is 0 Å². The molecule has 1 aliphatic rings. The first-order chi connectivity index (χ1) is 8.68. The molecule has 0 aliphatic carbocycles. The fourth-order valence-electron chi connectivity index (χ4n) is 1.93. The highest BCUT2D eigenvalue weighted by molar-refractivity contribution is 6.65. The van der Waals surface area contributed by atoms with Gasteiger partial charge in [-0.05, 0) is 40.7 Å². The van der Waals surface area contributed by atoms with Gasteiger partial charge in [-0.1, -0.05) is 11.6 Å². The van der Waals surface area contributed by atoms with Gasteiger partial charge in [-0.2, -0.15) is 0 Å². The second-order valence-corrected chi connectivity index (χ2v) is 6.14. The van der Waals surface area contributed by atoms with Crippen LogP contribution >= 0.6 is 11.6 Å². The standard InChI is InChI=1S/C13H19BClNO3/c1-8-7-9(10(15)11(16-8)17-6)14-18-12(2,3)13(4,5)19-14/h7H,1-6H3. The molecule has 0 saturated carbocycles. The Labute approximate surface area is 119 Å². The van der Waals surface area contributed by atoms with Gasteiger partial charge >= 0.3 is 7.12 Å². The first-order valence-corrected chi connectivity index (χ1v) is 6.62. The van der Waals surface area contributed by atoms with Crippen LogP contribution in [0.25, 0.3) is 0 Å². The predicted octanol–water partition coefficient (Wildman–Crippen LogP) is 2.35. The Hall–Kier alpha value is -0.775. The summed E-state index contributed by atoms with van der Waals surface area (Å²) in [5.74, 6) is 0.395. The molecule has 104 valence electrons. The van der Waals surface area contributed by atoms with Crippen LogP contribution in [0, 0.1) is 6.92 Å². The van der Waals surface area contributed by atoms with Gasteiger partial charge in [0.05, 0.1) is 18.3 Å². The van der Waals surface area contributed by atoms with Crippen LogP contribution in [0.1, 0.15) is 33.4 Å². The number of ether oxygens (including phenoxy) is 1. The zero-order valence-corrected chi connectivity index (χ0v) is 13.0. The third-order valence-corrected chi connectivity index (χ3v) is 4.16. The summed E-state index contributed by atoms with van der Waals surface area (Å²) in [5, 5.41) is 0.437. The molecular weight excluding hydrogens is 264 g/mol. The number of rotatable bonds is 2. The average molecular weight is 284 g/mol. The summed E-state index contributed by atoms with van der Waals surface area (Å²) in [6, 6.07) is 1.87. The lowest BCUT2D eigenvalue weighted by atomic mass is 9.79. The number of halogens is 1. The maximum atomic E-state index is 6.30. The normalized spacial score (nSPS) is 20.7. The number of methoxy groups -OCH3 is 1. The molecule has 0 atom stereocenters. The molecule has 0 aromatic carbocycles. The lowest BCUT2D eigenvalue weighted by Crippen LogP contribution is -2.41. The van der Waals surface area contributed by atoms with E-state index < -0.39 is 18.3 Å². The van der Waals surface area contributed by atoms with Crippen molar-refractivity contribution in [2.75, 3.05) is 7.11 Å². The van der Waals surface area contributed by atoms with Gasteiger partial charge in [-0.3, -0.25) is 0 Å². The maximum Gasteiger partial charge on any atom is 0.496 e. The molecule has 1 saturated heterocycles. The van der Waals surface area contributed by atoms with Crippen LogP contribution in [0.4, 0.5) is 0 Å². The molecule has 0 amide bonds. The zero-order valence-electron chi connectivity index (χ0n) is 12.2. The number of nitrogens with zero attached hydrogens (tertiary/aromatic N) is 1. The molecule has 1 aromatic rings. The van der Waals surface area contributed by atoms with Crippen LogP contribution in [-0.4, -0.2) is 30.4 Å². The Kier molecular flexibility index (Phi) is 3.58. The van der Waals surface area contributed by atoms with Crippen molar-refractivity contribution in [3.63, 3.8) is 0 Å². The summed E-state index contributed by atoms with van der Waals surface area (Å²) in [5.41, 5.74) is 0.771. The predicted molar refractivity (Wildman–Crippen MR) is 76.3 cm³/mol. The molecule has 0 radical (unpaired) electrons. The topological polar surface area (TPSA) is 40.6 Å². The van der Waals surface area contributed by atoms with Crippen LogP contribution < -0.4 is 10.2 Å². The summed E-state index contributed by atoms with van der Waals surface area (Å²) in [6.45, 7) is 9.91. The van der Waals surface area contributed by atoms with E-state index in [1.807, 2.05) is 40.7 Å². The lowest BCUT2D eigenvalue weighted by molar-refractivity contribution is 0.00578. The van der Waals surface area contributed by atoms with E-state index in [-0.39, 0.29) is 0 Å². The molecule has 0 bridgehead atoms. The van der Waals surface area contributed by atoms with E-state index in [0.717, 1.165) is 11.2 Å². The molecule has 1 aromatic heterocycles. The summed E-state index contributed by atoms with van der Waals surface area (Å²) >= 11 is 6.30. The van der Waals surface area contributed by atoms with Gasteiger partial charge < -0.3 is 14.0 Å². The van der Waals surface area contributed by atoms with Crippen molar-refractivity contribution in [3.8, 4) is 5.88 Å². The van der Waals surface area contributed by atoms with E-state index in [1.54, 1.807) is 7.11 Å². The molecule has 2 heterocycles. The Morgan fingerprint density at radius 1 is 1.21 bits per heavy atom. The Morgan fingerprint density at radius 2 is 1.74 bits per heavy atom. The number of pyridine rings is 1. The number of hydrogen-bond acceptors (Lipinski definition) is 4. The summed E-state index contributed by atoms with van der Waals surface area (Å²) in [4.78, 5) is 4.23. The maximum absolute atomic E-state index is 6.30. The van der Waals surface area contributed by atoms with E-state index in [0.29, 0.717) is 10.9 Å². The summed E-state index contributed by atoms with van der Waals surface area (Å²) in [7, 11) is 1.04. The Morgan fingerprint density at radius 3 is 2.21 bits per heavy atom. The smallest absolute Gasteiger partial charge is 0.480 e. The molecule has 4 nitrogen and oxygen atoms in total. The van der Waals surface area contributed by atoms with Crippen LogP contribution in [0.15, 0.2) is 6.07 Å². The highest BCUT2D eigenvalue weighted by Crippen LogP contribution is 2.37. The van der Waals surface area contributed by atoms with Gasteiger partial charge in [0, 0.05) is 11.2 Å². The number of aromatic nitrogens is 1. The Bertz CT molecular complexity index is 489. The third-order valence-electron chi connectivity index (χ3n) is 3.78. The van der Waals surface area contributed by atoms with E-state index in [2.05, 4.69) is 4.98 Å². The molecule has 0 spiro atoms. The van der Waals surface area contributed by atoms with Crippen LogP contribution in [0.3, 0.4) is 0 Å². The van der Waals surface area contributed by atoms with E-state index >= 15 is 0 Å². The third kappa shape index (κ3) is 2.47. The SMILES string of the molecule is COc1nc(C)cc(B2OC(C)(C)C(C)(C)O2)c1Cl. The van der Waals surface area contributed by atoms with Crippen molar-refractivity contribution in [2.45, 2.75) is 45.8 Å². The zero-order chi connectivity index (χ0) is 14.4. The van der Waals surface area contributed by atoms with Crippen LogP contribution in [-0.2, 0) is 9.31 Å². The minimum absolute atomic E-state index is 0.395. The van der Waals surface area contributed by atoms with Crippen molar-refractivity contribution in [1.82, 2.24) is 4.98 Å². The molecule has 1 fully saturated rings. The van der Waals surface area contributed by atoms with Gasteiger partial charge in [0.1, 0.15) is 5.02 Å². The minimum atomic E-state index is -0.506. The molecular formula is C13H19BClNO3.